The summed E-state index contributed by atoms with van der Waals surface area (Å²) in [5.41, 5.74) is 0.817. The van der Waals surface area contributed by atoms with Crippen molar-refractivity contribution in [1.82, 2.24) is 4.90 Å². The van der Waals surface area contributed by atoms with E-state index in [-0.39, 0.29) is 5.78 Å². The summed E-state index contributed by atoms with van der Waals surface area (Å²) >= 11 is 1.80. The highest BCUT2D eigenvalue weighted by Gasteiger charge is 2.09. The summed E-state index contributed by atoms with van der Waals surface area (Å²) in [5.74, 6) is 1.27. The normalized spacial score (nSPS) is 10.8. The summed E-state index contributed by atoms with van der Waals surface area (Å²) in [7, 11) is 0. The molecule has 0 radical (unpaired) electrons. The average molecular weight is 251 g/mol. The summed E-state index contributed by atoms with van der Waals surface area (Å²) in [5, 5.41) is 0. The van der Waals surface area contributed by atoms with Gasteiger partial charge in [0.15, 0.2) is 5.78 Å². The van der Waals surface area contributed by atoms with Crippen LogP contribution in [0.25, 0.3) is 0 Å². The van der Waals surface area contributed by atoms with Crippen molar-refractivity contribution < 1.29 is 4.79 Å². The molecule has 17 heavy (non-hydrogen) atoms. The second-order valence-electron chi connectivity index (χ2n) is 3.84. The second kappa shape index (κ2) is 7.51. The van der Waals surface area contributed by atoms with Crippen molar-refractivity contribution in [1.29, 1.82) is 0 Å². The third-order valence-electron chi connectivity index (χ3n) is 2.75. The van der Waals surface area contributed by atoms with E-state index < -0.39 is 0 Å². The molecule has 0 aliphatic rings. The Labute approximate surface area is 108 Å². The third kappa shape index (κ3) is 4.52. The Morgan fingerprint density at radius 1 is 1.12 bits per heavy atom. The monoisotopic (exact) mass is 251 g/mol. The fraction of sp³-hybridized carbons (Fsp3) is 0.500. The van der Waals surface area contributed by atoms with Crippen LogP contribution in [0.15, 0.2) is 29.2 Å². The maximum atomic E-state index is 12.0. The molecule has 0 spiro atoms. The largest absolute Gasteiger partial charge is 0.296 e. The standard InChI is InChI=1S/C14H21NOS/c1-4-15(5-2)11-14(16)12-7-9-13(10-8-12)17-6-3/h7-10H,4-6,11H2,1-3H3. The Morgan fingerprint density at radius 2 is 1.71 bits per heavy atom. The number of Topliss-reactive ketones (excluding diaryl/α,β-unsaturated/α-hetero) is 1. The van der Waals surface area contributed by atoms with Crippen molar-refractivity contribution >= 4 is 17.5 Å². The number of hydrogen-bond acceptors (Lipinski definition) is 3. The zero-order chi connectivity index (χ0) is 12.7. The van der Waals surface area contributed by atoms with Gasteiger partial charge in [-0.2, -0.15) is 0 Å². The zero-order valence-corrected chi connectivity index (χ0v) is 11.7. The molecule has 0 aromatic heterocycles. The van der Waals surface area contributed by atoms with E-state index in [1.165, 1.54) is 4.90 Å². The molecule has 2 nitrogen and oxygen atoms in total. The second-order valence-corrected chi connectivity index (χ2v) is 5.18. The molecule has 0 aliphatic carbocycles. The number of hydrogen-bond donors (Lipinski definition) is 0. The summed E-state index contributed by atoms with van der Waals surface area (Å²) in [6, 6.07) is 7.93. The first kappa shape index (κ1) is 14.3. The van der Waals surface area contributed by atoms with E-state index in [2.05, 4.69) is 25.7 Å². The van der Waals surface area contributed by atoms with E-state index in [1.54, 1.807) is 11.8 Å². The van der Waals surface area contributed by atoms with Gasteiger partial charge in [-0.25, -0.2) is 0 Å². The number of benzene rings is 1. The van der Waals surface area contributed by atoms with Crippen LogP contribution >= 0.6 is 11.8 Å². The minimum Gasteiger partial charge on any atom is -0.296 e. The van der Waals surface area contributed by atoms with Crippen molar-refractivity contribution in [3.8, 4) is 0 Å². The van der Waals surface area contributed by atoms with Crippen LogP contribution in [0.3, 0.4) is 0 Å². The predicted octanol–water partition coefficient (Wildman–Crippen LogP) is 3.32. The van der Waals surface area contributed by atoms with Crippen molar-refractivity contribution in [3.05, 3.63) is 29.8 Å². The van der Waals surface area contributed by atoms with Crippen LogP contribution in [0, 0.1) is 0 Å². The number of rotatable bonds is 7. The van der Waals surface area contributed by atoms with Crippen LogP contribution < -0.4 is 0 Å². The lowest BCUT2D eigenvalue weighted by Gasteiger charge is -2.16. The number of carbonyl (C=O) groups is 1. The van der Waals surface area contributed by atoms with Crippen LogP contribution in [-0.4, -0.2) is 36.1 Å². The molecule has 0 atom stereocenters. The van der Waals surface area contributed by atoms with Crippen LogP contribution in [-0.2, 0) is 0 Å². The first-order valence-corrected chi connectivity index (χ1v) is 7.18. The van der Waals surface area contributed by atoms with E-state index in [0.717, 1.165) is 24.4 Å². The molecular formula is C14H21NOS. The van der Waals surface area contributed by atoms with E-state index >= 15 is 0 Å². The molecule has 1 aromatic rings. The molecule has 0 heterocycles. The van der Waals surface area contributed by atoms with E-state index in [4.69, 9.17) is 0 Å². The minimum atomic E-state index is 0.210. The Kier molecular flexibility index (Phi) is 6.30. The third-order valence-corrected chi connectivity index (χ3v) is 3.64. The Bertz CT molecular complexity index is 344. The fourth-order valence-electron chi connectivity index (χ4n) is 1.65. The average Bonchev–Trinajstić information content (AvgIpc) is 2.37. The van der Waals surface area contributed by atoms with Crippen molar-refractivity contribution in [3.63, 3.8) is 0 Å². The molecule has 0 unspecified atom stereocenters. The van der Waals surface area contributed by atoms with Gasteiger partial charge >= 0.3 is 0 Å². The Hall–Kier alpha value is -0.800. The smallest absolute Gasteiger partial charge is 0.176 e. The Morgan fingerprint density at radius 3 is 2.18 bits per heavy atom. The van der Waals surface area contributed by atoms with Crippen molar-refractivity contribution in [2.45, 2.75) is 25.7 Å². The van der Waals surface area contributed by atoms with Crippen LogP contribution in [0.5, 0.6) is 0 Å². The first-order chi connectivity index (χ1) is 8.21. The lowest BCUT2D eigenvalue weighted by molar-refractivity contribution is 0.0937. The zero-order valence-electron chi connectivity index (χ0n) is 10.9. The van der Waals surface area contributed by atoms with Gasteiger partial charge in [0.25, 0.3) is 0 Å². The molecule has 1 rings (SSSR count). The van der Waals surface area contributed by atoms with E-state index in [9.17, 15) is 4.79 Å². The molecule has 3 heteroatoms. The van der Waals surface area contributed by atoms with Gasteiger partial charge in [0.1, 0.15) is 0 Å². The van der Waals surface area contributed by atoms with Gasteiger partial charge in [-0.15, -0.1) is 11.8 Å². The van der Waals surface area contributed by atoms with Crippen LogP contribution in [0.1, 0.15) is 31.1 Å². The number of carbonyl (C=O) groups excluding carboxylic acids is 1. The summed E-state index contributed by atoms with van der Waals surface area (Å²) in [4.78, 5) is 15.4. The highest BCUT2D eigenvalue weighted by Crippen LogP contribution is 2.18. The number of likely N-dealkylation sites (N-methyl/N-ethyl adjacent to an activating group) is 1. The van der Waals surface area contributed by atoms with Crippen LogP contribution in [0.4, 0.5) is 0 Å². The summed E-state index contributed by atoms with van der Waals surface area (Å²) in [6.07, 6.45) is 0. The summed E-state index contributed by atoms with van der Waals surface area (Å²) < 4.78 is 0. The summed E-state index contributed by atoms with van der Waals surface area (Å²) in [6.45, 7) is 8.66. The molecule has 0 bridgehead atoms. The van der Waals surface area contributed by atoms with E-state index in [0.29, 0.717) is 6.54 Å². The van der Waals surface area contributed by atoms with Gasteiger partial charge in [-0.1, -0.05) is 32.9 Å². The quantitative estimate of drug-likeness (QED) is 0.547. The highest BCUT2D eigenvalue weighted by molar-refractivity contribution is 7.99. The maximum absolute atomic E-state index is 12.0. The fourth-order valence-corrected chi connectivity index (χ4v) is 2.31. The van der Waals surface area contributed by atoms with Gasteiger partial charge in [0.2, 0.25) is 0 Å². The first-order valence-electron chi connectivity index (χ1n) is 6.19. The topological polar surface area (TPSA) is 20.3 Å². The SMILES string of the molecule is CCSc1ccc(C(=O)CN(CC)CC)cc1. The molecule has 1 aromatic carbocycles. The molecular weight excluding hydrogens is 230 g/mol. The molecule has 0 saturated heterocycles. The van der Waals surface area contributed by atoms with Crippen LogP contribution in [0.2, 0.25) is 0 Å². The molecule has 0 N–H and O–H groups in total. The Balaban J connectivity index is 2.63. The van der Waals surface area contributed by atoms with Gasteiger partial charge in [0.05, 0.1) is 6.54 Å². The van der Waals surface area contributed by atoms with Crippen molar-refractivity contribution in [2.75, 3.05) is 25.4 Å². The minimum absolute atomic E-state index is 0.210. The molecule has 0 aliphatic heterocycles. The van der Waals surface area contributed by atoms with E-state index in [1.807, 2.05) is 24.3 Å². The molecule has 0 saturated carbocycles. The molecule has 94 valence electrons. The van der Waals surface area contributed by atoms with Gasteiger partial charge < -0.3 is 0 Å². The van der Waals surface area contributed by atoms with Crippen molar-refractivity contribution in [2.24, 2.45) is 0 Å². The molecule has 0 amide bonds. The lowest BCUT2D eigenvalue weighted by atomic mass is 10.1. The van der Waals surface area contributed by atoms with Gasteiger partial charge in [-0.05, 0) is 31.0 Å². The lowest BCUT2D eigenvalue weighted by Crippen LogP contribution is -2.29. The maximum Gasteiger partial charge on any atom is 0.176 e. The molecule has 0 fully saturated rings. The number of thioether (sulfide) groups is 1. The van der Waals surface area contributed by atoms with Gasteiger partial charge in [-0.3, -0.25) is 9.69 Å². The highest BCUT2D eigenvalue weighted by atomic mass is 32.2. The van der Waals surface area contributed by atoms with Gasteiger partial charge in [0, 0.05) is 10.5 Å². The number of ketones is 1. The predicted molar refractivity (Wildman–Crippen MR) is 75.0 cm³/mol. The number of nitrogens with zero attached hydrogens (tertiary/aromatic N) is 1.